The standard InChI is InChI=1S/C13H19N3O3/c1-9(2)11-8-16(4-3-5-19-11)12-7-14-10(6-15-12)13(17)18/h6-7,9,11H,3-5,8H2,1-2H3,(H,17,18). The minimum atomic E-state index is -1.06. The molecule has 0 radical (unpaired) electrons. The van der Waals surface area contributed by atoms with Gasteiger partial charge in [-0.05, 0) is 12.3 Å². The van der Waals surface area contributed by atoms with Crippen molar-refractivity contribution in [2.45, 2.75) is 26.4 Å². The van der Waals surface area contributed by atoms with E-state index in [1.807, 2.05) is 0 Å². The second kappa shape index (κ2) is 5.97. The third-order valence-electron chi connectivity index (χ3n) is 3.23. The fraction of sp³-hybridized carbons (Fsp3) is 0.615. The van der Waals surface area contributed by atoms with E-state index in [4.69, 9.17) is 9.84 Å². The fourth-order valence-electron chi connectivity index (χ4n) is 2.06. The van der Waals surface area contributed by atoms with Gasteiger partial charge in [-0.2, -0.15) is 0 Å². The first-order valence-corrected chi connectivity index (χ1v) is 6.50. The van der Waals surface area contributed by atoms with Gasteiger partial charge >= 0.3 is 5.97 Å². The van der Waals surface area contributed by atoms with E-state index >= 15 is 0 Å². The molecular weight excluding hydrogens is 246 g/mol. The lowest BCUT2D eigenvalue weighted by Gasteiger charge is -2.26. The van der Waals surface area contributed by atoms with Crippen molar-refractivity contribution in [3.8, 4) is 0 Å². The number of hydrogen-bond donors (Lipinski definition) is 1. The highest BCUT2D eigenvalue weighted by Crippen LogP contribution is 2.18. The predicted molar refractivity (Wildman–Crippen MR) is 70.4 cm³/mol. The number of carbonyl (C=O) groups is 1. The molecule has 1 saturated heterocycles. The van der Waals surface area contributed by atoms with Crippen molar-refractivity contribution < 1.29 is 14.6 Å². The van der Waals surface area contributed by atoms with Crippen LogP contribution in [0.5, 0.6) is 0 Å². The van der Waals surface area contributed by atoms with Gasteiger partial charge in [0.25, 0.3) is 0 Å². The summed E-state index contributed by atoms with van der Waals surface area (Å²) in [7, 11) is 0. The lowest BCUT2D eigenvalue weighted by Crippen LogP contribution is -2.35. The lowest BCUT2D eigenvalue weighted by atomic mass is 10.1. The summed E-state index contributed by atoms with van der Waals surface area (Å²) in [6.45, 7) is 6.63. The number of aromatic carboxylic acids is 1. The highest BCUT2D eigenvalue weighted by atomic mass is 16.5. The Morgan fingerprint density at radius 1 is 1.47 bits per heavy atom. The minimum absolute atomic E-state index is 0.0322. The quantitative estimate of drug-likeness (QED) is 0.891. The van der Waals surface area contributed by atoms with Crippen molar-refractivity contribution >= 4 is 11.8 Å². The van der Waals surface area contributed by atoms with Crippen molar-refractivity contribution in [3.63, 3.8) is 0 Å². The first-order chi connectivity index (χ1) is 9.08. The molecule has 1 aromatic rings. The van der Waals surface area contributed by atoms with Crippen LogP contribution in [-0.2, 0) is 4.74 Å². The third kappa shape index (κ3) is 3.41. The zero-order valence-corrected chi connectivity index (χ0v) is 11.2. The van der Waals surface area contributed by atoms with Crippen molar-refractivity contribution in [1.29, 1.82) is 0 Å². The molecule has 2 heterocycles. The van der Waals surface area contributed by atoms with Gasteiger partial charge in [-0.1, -0.05) is 13.8 Å². The average Bonchev–Trinajstić information content (AvgIpc) is 2.64. The Morgan fingerprint density at radius 2 is 2.26 bits per heavy atom. The first-order valence-electron chi connectivity index (χ1n) is 6.50. The second-order valence-electron chi connectivity index (χ2n) is 5.02. The topological polar surface area (TPSA) is 75.6 Å². The molecule has 104 valence electrons. The predicted octanol–water partition coefficient (Wildman–Crippen LogP) is 1.43. The average molecular weight is 265 g/mol. The minimum Gasteiger partial charge on any atom is -0.476 e. The van der Waals surface area contributed by atoms with Gasteiger partial charge in [-0.3, -0.25) is 0 Å². The smallest absolute Gasteiger partial charge is 0.356 e. The molecule has 0 amide bonds. The zero-order chi connectivity index (χ0) is 13.8. The van der Waals surface area contributed by atoms with Crippen molar-refractivity contribution in [3.05, 3.63) is 18.1 Å². The first kappa shape index (κ1) is 13.7. The van der Waals surface area contributed by atoms with Crippen molar-refractivity contribution in [2.75, 3.05) is 24.6 Å². The zero-order valence-electron chi connectivity index (χ0n) is 11.2. The Hall–Kier alpha value is -1.69. The molecule has 0 aliphatic carbocycles. The maximum atomic E-state index is 10.7. The van der Waals surface area contributed by atoms with Crippen LogP contribution < -0.4 is 4.90 Å². The highest BCUT2D eigenvalue weighted by molar-refractivity contribution is 5.84. The van der Waals surface area contributed by atoms with Gasteiger partial charge in [0.05, 0.1) is 18.5 Å². The van der Waals surface area contributed by atoms with Crippen molar-refractivity contribution in [2.24, 2.45) is 5.92 Å². The van der Waals surface area contributed by atoms with Crippen LogP contribution >= 0.6 is 0 Å². The summed E-state index contributed by atoms with van der Waals surface area (Å²) in [6.07, 6.45) is 3.93. The van der Waals surface area contributed by atoms with Crippen LogP contribution in [0.25, 0.3) is 0 Å². The van der Waals surface area contributed by atoms with Crippen LogP contribution in [0.1, 0.15) is 30.8 Å². The molecule has 1 aliphatic rings. The fourth-order valence-corrected chi connectivity index (χ4v) is 2.06. The number of nitrogens with zero attached hydrogens (tertiary/aromatic N) is 3. The summed E-state index contributed by atoms with van der Waals surface area (Å²) in [6, 6.07) is 0. The second-order valence-corrected chi connectivity index (χ2v) is 5.02. The van der Waals surface area contributed by atoms with Gasteiger partial charge in [0, 0.05) is 19.7 Å². The van der Waals surface area contributed by atoms with Gasteiger partial charge < -0.3 is 14.7 Å². The Kier molecular flexibility index (Phi) is 4.31. The molecule has 0 bridgehead atoms. The van der Waals surface area contributed by atoms with E-state index in [-0.39, 0.29) is 11.8 Å². The molecule has 1 aromatic heterocycles. The summed E-state index contributed by atoms with van der Waals surface area (Å²) in [5, 5.41) is 8.81. The number of hydrogen-bond acceptors (Lipinski definition) is 5. The highest BCUT2D eigenvalue weighted by Gasteiger charge is 2.22. The molecular formula is C13H19N3O3. The summed E-state index contributed by atoms with van der Waals surface area (Å²) >= 11 is 0. The molecule has 1 fully saturated rings. The molecule has 19 heavy (non-hydrogen) atoms. The molecule has 0 aromatic carbocycles. The van der Waals surface area contributed by atoms with Gasteiger partial charge in [-0.25, -0.2) is 14.8 Å². The molecule has 0 spiro atoms. The van der Waals surface area contributed by atoms with E-state index < -0.39 is 5.97 Å². The number of aromatic nitrogens is 2. The lowest BCUT2D eigenvalue weighted by molar-refractivity contribution is 0.0375. The molecule has 1 unspecified atom stereocenters. The number of ether oxygens (including phenoxy) is 1. The Morgan fingerprint density at radius 3 is 2.84 bits per heavy atom. The van der Waals surface area contributed by atoms with Crippen LogP contribution in [0.15, 0.2) is 12.4 Å². The molecule has 6 heteroatoms. The molecule has 1 N–H and O–H groups in total. The SMILES string of the molecule is CC(C)C1CN(c2cnc(C(=O)O)cn2)CCCO1. The van der Waals surface area contributed by atoms with E-state index in [9.17, 15) is 4.79 Å². The number of carboxylic acid groups (broad SMARTS) is 1. The van der Waals surface area contributed by atoms with E-state index in [0.717, 1.165) is 26.1 Å². The van der Waals surface area contributed by atoms with Gasteiger partial charge in [0.15, 0.2) is 5.69 Å². The monoisotopic (exact) mass is 265 g/mol. The summed E-state index contributed by atoms with van der Waals surface area (Å²) in [5.74, 6) is 0.0892. The number of anilines is 1. The van der Waals surface area contributed by atoms with Crippen LogP contribution in [0.4, 0.5) is 5.82 Å². The Bertz CT molecular complexity index is 433. The van der Waals surface area contributed by atoms with Crippen LogP contribution in [0, 0.1) is 5.92 Å². The molecule has 6 nitrogen and oxygen atoms in total. The maximum absolute atomic E-state index is 10.7. The van der Waals surface area contributed by atoms with Gasteiger partial charge in [0.2, 0.25) is 0 Å². The van der Waals surface area contributed by atoms with Gasteiger partial charge in [0.1, 0.15) is 5.82 Å². The molecule has 1 atom stereocenters. The number of carboxylic acids is 1. The largest absolute Gasteiger partial charge is 0.476 e. The van der Waals surface area contributed by atoms with Crippen LogP contribution in [0.2, 0.25) is 0 Å². The summed E-state index contributed by atoms with van der Waals surface area (Å²) < 4.78 is 5.79. The van der Waals surface area contributed by atoms with Gasteiger partial charge in [-0.15, -0.1) is 0 Å². The normalized spacial score (nSPS) is 20.4. The molecule has 1 aliphatic heterocycles. The van der Waals surface area contributed by atoms with Crippen LogP contribution in [0.3, 0.4) is 0 Å². The van der Waals surface area contributed by atoms with E-state index in [0.29, 0.717) is 11.7 Å². The van der Waals surface area contributed by atoms with E-state index in [2.05, 4.69) is 28.7 Å². The number of rotatable bonds is 3. The summed E-state index contributed by atoms with van der Waals surface area (Å²) in [5.41, 5.74) is -0.0322. The van der Waals surface area contributed by atoms with E-state index in [1.54, 1.807) is 0 Å². The Balaban J connectivity index is 2.12. The van der Waals surface area contributed by atoms with E-state index in [1.165, 1.54) is 12.4 Å². The van der Waals surface area contributed by atoms with Crippen molar-refractivity contribution in [1.82, 2.24) is 9.97 Å². The maximum Gasteiger partial charge on any atom is 0.356 e. The Labute approximate surface area is 112 Å². The third-order valence-corrected chi connectivity index (χ3v) is 3.23. The summed E-state index contributed by atoms with van der Waals surface area (Å²) in [4.78, 5) is 21.0. The molecule has 2 rings (SSSR count). The molecule has 0 saturated carbocycles. The van der Waals surface area contributed by atoms with Crippen LogP contribution in [-0.4, -0.2) is 46.8 Å².